The molecule has 19 heavy (non-hydrogen) atoms. The van der Waals surface area contributed by atoms with Gasteiger partial charge in [-0.05, 0) is 19.3 Å². The Morgan fingerprint density at radius 3 is 2.84 bits per heavy atom. The highest BCUT2D eigenvalue weighted by Crippen LogP contribution is 2.14. The van der Waals surface area contributed by atoms with Crippen molar-refractivity contribution in [2.75, 3.05) is 30.3 Å². The van der Waals surface area contributed by atoms with Gasteiger partial charge >= 0.3 is 0 Å². The van der Waals surface area contributed by atoms with Gasteiger partial charge in [0.1, 0.15) is 18.0 Å². The van der Waals surface area contributed by atoms with Crippen LogP contribution in [-0.4, -0.2) is 35.8 Å². The van der Waals surface area contributed by atoms with E-state index in [0.29, 0.717) is 6.10 Å². The van der Waals surface area contributed by atoms with Crippen LogP contribution in [0.3, 0.4) is 0 Å². The number of hydrogen-bond donors (Lipinski definition) is 2. The largest absolute Gasteiger partial charge is 0.376 e. The summed E-state index contributed by atoms with van der Waals surface area (Å²) in [5.74, 6) is 1.75. The maximum absolute atomic E-state index is 5.58. The van der Waals surface area contributed by atoms with Gasteiger partial charge in [0, 0.05) is 25.8 Å². The van der Waals surface area contributed by atoms with Crippen LogP contribution in [0.4, 0.5) is 11.6 Å². The van der Waals surface area contributed by atoms with E-state index in [0.717, 1.165) is 37.8 Å². The quantitative estimate of drug-likeness (QED) is 0.707. The van der Waals surface area contributed by atoms with Gasteiger partial charge in [-0.2, -0.15) is 0 Å². The lowest BCUT2D eigenvalue weighted by molar-refractivity contribution is 0.120. The van der Waals surface area contributed by atoms with Gasteiger partial charge in [0.2, 0.25) is 0 Å². The van der Waals surface area contributed by atoms with Crippen molar-refractivity contribution in [2.45, 2.75) is 45.1 Å². The Labute approximate surface area is 115 Å². The second-order valence-corrected chi connectivity index (χ2v) is 4.94. The molecule has 2 N–H and O–H groups in total. The van der Waals surface area contributed by atoms with Crippen molar-refractivity contribution in [3.05, 3.63) is 12.4 Å². The molecule has 1 aromatic heterocycles. The molecule has 1 atom stereocenters. The fourth-order valence-electron chi connectivity index (χ4n) is 2.17. The zero-order valence-corrected chi connectivity index (χ0v) is 11.7. The Bertz CT molecular complexity index is 366. The number of aromatic nitrogens is 2. The molecule has 0 amide bonds. The first kappa shape index (κ1) is 14.1. The molecule has 1 saturated heterocycles. The zero-order chi connectivity index (χ0) is 13.3. The minimum Gasteiger partial charge on any atom is -0.376 e. The first-order valence-corrected chi connectivity index (χ1v) is 7.30. The van der Waals surface area contributed by atoms with Gasteiger partial charge in [-0.15, -0.1) is 0 Å². The monoisotopic (exact) mass is 264 g/mol. The highest BCUT2D eigenvalue weighted by molar-refractivity contribution is 5.46. The lowest BCUT2D eigenvalue weighted by Gasteiger charge is -2.12. The zero-order valence-electron chi connectivity index (χ0n) is 11.7. The number of nitrogens with zero attached hydrogens (tertiary/aromatic N) is 2. The topological polar surface area (TPSA) is 59.1 Å². The Balaban J connectivity index is 1.74. The van der Waals surface area contributed by atoms with Crippen molar-refractivity contribution >= 4 is 11.6 Å². The van der Waals surface area contributed by atoms with E-state index >= 15 is 0 Å². The van der Waals surface area contributed by atoms with Crippen LogP contribution in [0.15, 0.2) is 12.4 Å². The summed E-state index contributed by atoms with van der Waals surface area (Å²) in [7, 11) is 0. The number of nitrogens with one attached hydrogen (secondary N) is 2. The molecule has 2 rings (SSSR count). The highest BCUT2D eigenvalue weighted by Gasteiger charge is 2.14. The van der Waals surface area contributed by atoms with Crippen molar-refractivity contribution in [3.63, 3.8) is 0 Å². The van der Waals surface area contributed by atoms with Crippen molar-refractivity contribution in [2.24, 2.45) is 0 Å². The molecule has 5 heteroatoms. The SMILES string of the molecule is CCCCCNc1cc(NCC2CCCO2)ncn1. The predicted molar refractivity (Wildman–Crippen MR) is 77.5 cm³/mol. The van der Waals surface area contributed by atoms with E-state index in [1.807, 2.05) is 6.07 Å². The summed E-state index contributed by atoms with van der Waals surface area (Å²) in [6.07, 6.45) is 7.90. The average Bonchev–Trinajstić information content (AvgIpc) is 2.95. The molecule has 0 radical (unpaired) electrons. The van der Waals surface area contributed by atoms with E-state index in [-0.39, 0.29) is 0 Å². The third-order valence-electron chi connectivity index (χ3n) is 3.29. The Morgan fingerprint density at radius 2 is 2.11 bits per heavy atom. The second kappa shape index (κ2) is 7.94. The fourth-order valence-corrected chi connectivity index (χ4v) is 2.17. The summed E-state index contributed by atoms with van der Waals surface area (Å²) in [5, 5.41) is 6.64. The molecule has 1 fully saturated rings. The molecular formula is C14H24N4O. The molecule has 1 aliphatic heterocycles. The molecule has 1 unspecified atom stereocenters. The third-order valence-corrected chi connectivity index (χ3v) is 3.29. The van der Waals surface area contributed by atoms with Gasteiger partial charge in [-0.3, -0.25) is 0 Å². The summed E-state index contributed by atoms with van der Waals surface area (Å²) in [5.41, 5.74) is 0. The van der Waals surface area contributed by atoms with E-state index < -0.39 is 0 Å². The Morgan fingerprint density at radius 1 is 1.26 bits per heavy atom. The van der Waals surface area contributed by atoms with Crippen LogP contribution in [0.25, 0.3) is 0 Å². The number of hydrogen-bond acceptors (Lipinski definition) is 5. The lowest BCUT2D eigenvalue weighted by Crippen LogP contribution is -2.19. The van der Waals surface area contributed by atoms with Crippen LogP contribution in [0, 0.1) is 0 Å². The minimum atomic E-state index is 0.330. The van der Waals surface area contributed by atoms with Crippen molar-refractivity contribution < 1.29 is 4.74 Å². The summed E-state index contributed by atoms with van der Waals surface area (Å²) in [6, 6.07) is 1.96. The van der Waals surface area contributed by atoms with Gasteiger partial charge in [0.25, 0.3) is 0 Å². The van der Waals surface area contributed by atoms with E-state index in [9.17, 15) is 0 Å². The van der Waals surface area contributed by atoms with E-state index in [1.54, 1.807) is 6.33 Å². The second-order valence-electron chi connectivity index (χ2n) is 4.94. The smallest absolute Gasteiger partial charge is 0.131 e. The minimum absolute atomic E-state index is 0.330. The lowest BCUT2D eigenvalue weighted by atomic mass is 10.2. The van der Waals surface area contributed by atoms with Gasteiger partial charge in [-0.25, -0.2) is 9.97 Å². The normalized spacial score (nSPS) is 18.5. The number of rotatable bonds is 8. The molecule has 0 aliphatic carbocycles. The van der Waals surface area contributed by atoms with Crippen LogP contribution >= 0.6 is 0 Å². The van der Waals surface area contributed by atoms with Gasteiger partial charge < -0.3 is 15.4 Å². The van der Waals surface area contributed by atoms with E-state index in [1.165, 1.54) is 25.7 Å². The molecule has 106 valence electrons. The Hall–Kier alpha value is -1.36. The average molecular weight is 264 g/mol. The van der Waals surface area contributed by atoms with Crippen molar-refractivity contribution in [3.8, 4) is 0 Å². The molecule has 0 aromatic carbocycles. The number of anilines is 2. The molecule has 0 spiro atoms. The Kier molecular flexibility index (Phi) is 5.88. The molecule has 2 heterocycles. The standard InChI is InChI=1S/C14H24N4O/c1-2-3-4-7-15-13-9-14(18-11-17-13)16-10-12-6-5-8-19-12/h9,11-12H,2-8,10H2,1H3,(H2,15,16,17,18). The first-order chi connectivity index (χ1) is 9.38. The van der Waals surface area contributed by atoms with E-state index in [4.69, 9.17) is 4.74 Å². The highest BCUT2D eigenvalue weighted by atomic mass is 16.5. The summed E-state index contributed by atoms with van der Waals surface area (Å²) < 4.78 is 5.58. The maximum Gasteiger partial charge on any atom is 0.131 e. The summed E-state index contributed by atoms with van der Waals surface area (Å²) in [6.45, 7) is 4.89. The molecule has 1 aromatic rings. The predicted octanol–water partition coefficient (Wildman–Crippen LogP) is 2.67. The molecular weight excluding hydrogens is 240 g/mol. The van der Waals surface area contributed by atoms with Gasteiger partial charge in [-0.1, -0.05) is 19.8 Å². The fraction of sp³-hybridized carbons (Fsp3) is 0.714. The number of unbranched alkanes of at least 4 members (excludes halogenated alkanes) is 2. The first-order valence-electron chi connectivity index (χ1n) is 7.30. The van der Waals surface area contributed by atoms with Crippen LogP contribution in [0.2, 0.25) is 0 Å². The van der Waals surface area contributed by atoms with Gasteiger partial charge in [0.15, 0.2) is 0 Å². The van der Waals surface area contributed by atoms with Crippen LogP contribution in [0.5, 0.6) is 0 Å². The summed E-state index contributed by atoms with van der Waals surface area (Å²) in [4.78, 5) is 8.45. The third kappa shape index (κ3) is 5.03. The molecule has 1 aliphatic rings. The van der Waals surface area contributed by atoms with Crippen molar-refractivity contribution in [1.29, 1.82) is 0 Å². The number of ether oxygens (including phenoxy) is 1. The van der Waals surface area contributed by atoms with Crippen LogP contribution in [-0.2, 0) is 4.74 Å². The van der Waals surface area contributed by atoms with Crippen LogP contribution < -0.4 is 10.6 Å². The van der Waals surface area contributed by atoms with Crippen LogP contribution in [0.1, 0.15) is 39.0 Å². The van der Waals surface area contributed by atoms with Gasteiger partial charge in [0.05, 0.1) is 6.10 Å². The summed E-state index contributed by atoms with van der Waals surface area (Å²) >= 11 is 0. The molecule has 0 saturated carbocycles. The molecule has 5 nitrogen and oxygen atoms in total. The van der Waals surface area contributed by atoms with Crippen molar-refractivity contribution in [1.82, 2.24) is 9.97 Å². The van der Waals surface area contributed by atoms with E-state index in [2.05, 4.69) is 27.5 Å². The molecule has 0 bridgehead atoms. The maximum atomic E-state index is 5.58.